The molecule has 1 aromatic rings. The molecule has 0 N–H and O–H groups in total. The fraction of sp³-hybridized carbons (Fsp3) is 0.462. The van der Waals surface area contributed by atoms with Crippen LogP contribution in [0.25, 0.3) is 0 Å². The summed E-state index contributed by atoms with van der Waals surface area (Å²) in [7, 11) is 0. The van der Waals surface area contributed by atoms with Gasteiger partial charge in [-0.1, -0.05) is 15.9 Å². The average molecular weight is 301 g/mol. The fourth-order valence-corrected chi connectivity index (χ4v) is 2.42. The summed E-state index contributed by atoms with van der Waals surface area (Å²) in [6, 6.07) is 4.44. The molecule has 1 aromatic carbocycles. The molecule has 1 fully saturated rings. The lowest BCUT2D eigenvalue weighted by Crippen LogP contribution is -2.24. The Labute approximate surface area is 108 Å². The van der Waals surface area contributed by atoms with Gasteiger partial charge in [-0.15, -0.1) is 0 Å². The van der Waals surface area contributed by atoms with Crippen LogP contribution in [0, 0.1) is 11.7 Å². The number of Topliss-reactive ketones (excluding diaryl/α,β-unsaturated/α-hetero) is 1. The Kier molecular flexibility index (Phi) is 4.29. The molecule has 1 aliphatic rings. The summed E-state index contributed by atoms with van der Waals surface area (Å²) < 4.78 is 19.1. The molecule has 1 saturated heterocycles. The topological polar surface area (TPSA) is 26.3 Å². The standard InChI is InChI=1S/C13H14BrFO2/c14-12-2-1-11(15)7-10(12)8-13(16)9-3-5-17-6-4-9/h1-2,7,9H,3-6,8H2. The predicted molar refractivity (Wildman–Crippen MR) is 66.4 cm³/mol. The lowest BCUT2D eigenvalue weighted by molar-refractivity contribution is -0.125. The van der Waals surface area contributed by atoms with Crippen LogP contribution in [0.4, 0.5) is 4.39 Å². The van der Waals surface area contributed by atoms with Gasteiger partial charge in [0, 0.05) is 30.0 Å². The van der Waals surface area contributed by atoms with E-state index in [-0.39, 0.29) is 17.5 Å². The molecule has 2 nitrogen and oxygen atoms in total. The molecular formula is C13H14BrFO2. The van der Waals surface area contributed by atoms with E-state index in [4.69, 9.17) is 4.74 Å². The van der Waals surface area contributed by atoms with Crippen molar-refractivity contribution in [1.29, 1.82) is 0 Å². The molecule has 0 bridgehead atoms. The number of hydrogen-bond acceptors (Lipinski definition) is 2. The summed E-state index contributed by atoms with van der Waals surface area (Å²) >= 11 is 3.34. The number of halogens is 2. The van der Waals surface area contributed by atoms with Crippen LogP contribution in [-0.2, 0) is 16.0 Å². The Bertz CT molecular complexity index is 414. The minimum absolute atomic E-state index is 0.0684. The van der Waals surface area contributed by atoms with Gasteiger partial charge < -0.3 is 4.74 Å². The van der Waals surface area contributed by atoms with Crippen molar-refractivity contribution in [3.05, 3.63) is 34.1 Å². The molecule has 4 heteroatoms. The van der Waals surface area contributed by atoms with E-state index in [1.807, 2.05) is 0 Å². The van der Waals surface area contributed by atoms with E-state index in [1.54, 1.807) is 6.07 Å². The molecular weight excluding hydrogens is 287 g/mol. The Morgan fingerprint density at radius 1 is 1.41 bits per heavy atom. The second-order valence-electron chi connectivity index (χ2n) is 4.27. The van der Waals surface area contributed by atoms with Gasteiger partial charge in [-0.05, 0) is 36.6 Å². The molecule has 0 radical (unpaired) electrons. The lowest BCUT2D eigenvalue weighted by Gasteiger charge is -2.20. The maximum atomic E-state index is 13.1. The van der Waals surface area contributed by atoms with Crippen molar-refractivity contribution in [1.82, 2.24) is 0 Å². The molecule has 2 rings (SSSR count). The van der Waals surface area contributed by atoms with Crippen molar-refractivity contribution in [2.75, 3.05) is 13.2 Å². The fourth-order valence-electron chi connectivity index (χ4n) is 2.03. The first-order valence-electron chi connectivity index (χ1n) is 5.71. The first-order valence-corrected chi connectivity index (χ1v) is 6.50. The maximum Gasteiger partial charge on any atom is 0.140 e. The zero-order valence-corrected chi connectivity index (χ0v) is 11.0. The van der Waals surface area contributed by atoms with Crippen molar-refractivity contribution < 1.29 is 13.9 Å². The van der Waals surface area contributed by atoms with Crippen molar-refractivity contribution in [2.45, 2.75) is 19.3 Å². The van der Waals surface area contributed by atoms with Crippen molar-refractivity contribution in [3.8, 4) is 0 Å². The highest BCUT2D eigenvalue weighted by Gasteiger charge is 2.22. The monoisotopic (exact) mass is 300 g/mol. The number of rotatable bonds is 3. The molecule has 0 aromatic heterocycles. The van der Waals surface area contributed by atoms with Gasteiger partial charge in [0.2, 0.25) is 0 Å². The minimum Gasteiger partial charge on any atom is -0.381 e. The van der Waals surface area contributed by atoms with Crippen LogP contribution in [-0.4, -0.2) is 19.0 Å². The van der Waals surface area contributed by atoms with E-state index in [9.17, 15) is 9.18 Å². The van der Waals surface area contributed by atoms with Crippen LogP contribution in [0.3, 0.4) is 0 Å². The predicted octanol–water partition coefficient (Wildman–Crippen LogP) is 3.13. The highest BCUT2D eigenvalue weighted by atomic mass is 79.9. The molecule has 1 heterocycles. The van der Waals surface area contributed by atoms with Crippen molar-refractivity contribution >= 4 is 21.7 Å². The van der Waals surface area contributed by atoms with E-state index in [2.05, 4.69) is 15.9 Å². The van der Waals surface area contributed by atoms with E-state index in [0.717, 1.165) is 22.9 Å². The Morgan fingerprint density at radius 3 is 2.82 bits per heavy atom. The normalized spacial score (nSPS) is 17.1. The van der Waals surface area contributed by atoms with E-state index < -0.39 is 0 Å². The number of carbonyl (C=O) groups is 1. The van der Waals surface area contributed by atoms with E-state index >= 15 is 0 Å². The maximum absolute atomic E-state index is 13.1. The first kappa shape index (κ1) is 12.7. The van der Waals surface area contributed by atoms with E-state index in [0.29, 0.717) is 19.6 Å². The van der Waals surface area contributed by atoms with Crippen LogP contribution >= 0.6 is 15.9 Å². The smallest absolute Gasteiger partial charge is 0.140 e. The van der Waals surface area contributed by atoms with Gasteiger partial charge in [0.1, 0.15) is 11.6 Å². The lowest BCUT2D eigenvalue weighted by atomic mass is 9.91. The molecule has 17 heavy (non-hydrogen) atoms. The second-order valence-corrected chi connectivity index (χ2v) is 5.12. The molecule has 0 atom stereocenters. The Balaban J connectivity index is 2.04. The minimum atomic E-state index is -0.303. The summed E-state index contributed by atoms with van der Waals surface area (Å²) in [6.45, 7) is 1.31. The Morgan fingerprint density at radius 2 is 2.12 bits per heavy atom. The number of hydrogen-bond donors (Lipinski definition) is 0. The summed E-state index contributed by atoms with van der Waals surface area (Å²) in [5.41, 5.74) is 0.724. The zero-order valence-electron chi connectivity index (χ0n) is 9.42. The van der Waals surface area contributed by atoms with E-state index in [1.165, 1.54) is 12.1 Å². The van der Waals surface area contributed by atoms with Gasteiger partial charge in [-0.25, -0.2) is 4.39 Å². The van der Waals surface area contributed by atoms with Crippen molar-refractivity contribution in [2.24, 2.45) is 5.92 Å². The van der Waals surface area contributed by atoms with Gasteiger partial charge in [-0.3, -0.25) is 4.79 Å². The van der Waals surface area contributed by atoms with Crippen LogP contribution in [0.15, 0.2) is 22.7 Å². The SMILES string of the molecule is O=C(Cc1cc(F)ccc1Br)C1CCOCC1. The molecule has 92 valence electrons. The molecule has 1 aliphatic heterocycles. The Hall–Kier alpha value is -0.740. The summed E-state index contributed by atoms with van der Waals surface area (Å²) in [4.78, 5) is 12.0. The van der Waals surface area contributed by atoms with Gasteiger partial charge >= 0.3 is 0 Å². The number of benzene rings is 1. The largest absolute Gasteiger partial charge is 0.381 e. The third-order valence-corrected chi connectivity index (χ3v) is 3.82. The third kappa shape index (κ3) is 3.36. The van der Waals surface area contributed by atoms with Crippen molar-refractivity contribution in [3.63, 3.8) is 0 Å². The van der Waals surface area contributed by atoms with Gasteiger partial charge in [0.25, 0.3) is 0 Å². The summed E-state index contributed by atoms with van der Waals surface area (Å²) in [5, 5.41) is 0. The van der Waals surface area contributed by atoms with Crippen LogP contribution < -0.4 is 0 Å². The van der Waals surface area contributed by atoms with Crippen LogP contribution in [0.2, 0.25) is 0 Å². The highest BCUT2D eigenvalue weighted by Crippen LogP contribution is 2.22. The van der Waals surface area contributed by atoms with Gasteiger partial charge in [0.05, 0.1) is 0 Å². The zero-order chi connectivity index (χ0) is 12.3. The molecule has 0 amide bonds. The molecule has 0 spiro atoms. The first-order chi connectivity index (χ1) is 8.16. The molecule has 0 unspecified atom stereocenters. The van der Waals surface area contributed by atoms with Crippen LogP contribution in [0.5, 0.6) is 0 Å². The second kappa shape index (κ2) is 5.74. The van der Waals surface area contributed by atoms with Gasteiger partial charge in [-0.2, -0.15) is 0 Å². The number of ketones is 1. The average Bonchev–Trinajstić information content (AvgIpc) is 2.35. The quantitative estimate of drug-likeness (QED) is 0.857. The number of ether oxygens (including phenoxy) is 1. The summed E-state index contributed by atoms with van der Waals surface area (Å²) in [6.07, 6.45) is 1.86. The highest BCUT2D eigenvalue weighted by molar-refractivity contribution is 9.10. The van der Waals surface area contributed by atoms with Crippen LogP contribution in [0.1, 0.15) is 18.4 Å². The molecule has 0 aliphatic carbocycles. The number of carbonyl (C=O) groups excluding carboxylic acids is 1. The van der Waals surface area contributed by atoms with Gasteiger partial charge in [0.15, 0.2) is 0 Å². The third-order valence-electron chi connectivity index (χ3n) is 3.05. The molecule has 0 saturated carbocycles. The summed E-state index contributed by atoms with van der Waals surface area (Å²) in [5.74, 6) is -0.0542.